The quantitative estimate of drug-likeness (QED) is 0.370. The highest BCUT2D eigenvalue weighted by Crippen LogP contribution is 2.28. The van der Waals surface area contributed by atoms with Crippen molar-refractivity contribution in [2.75, 3.05) is 60.0 Å². The predicted molar refractivity (Wildman–Crippen MR) is 138 cm³/mol. The number of carbonyl (C=O) groups excluding carboxylic acids is 2. The summed E-state index contributed by atoms with van der Waals surface area (Å²) >= 11 is 0. The summed E-state index contributed by atoms with van der Waals surface area (Å²) in [5.41, 5.74) is 4.03. The molecule has 35 heavy (non-hydrogen) atoms. The summed E-state index contributed by atoms with van der Waals surface area (Å²) in [6.45, 7) is 12.8. The zero-order valence-electron chi connectivity index (χ0n) is 21.4. The summed E-state index contributed by atoms with van der Waals surface area (Å²) in [4.78, 5) is 29.3. The second-order valence-corrected chi connectivity index (χ2v) is 8.94. The largest absolute Gasteiger partial charge is 0.493 e. The second-order valence-electron chi connectivity index (χ2n) is 8.94. The molecule has 8 heteroatoms. The van der Waals surface area contributed by atoms with Gasteiger partial charge in [0.05, 0.1) is 27.3 Å². The van der Waals surface area contributed by atoms with Crippen molar-refractivity contribution in [2.45, 2.75) is 26.8 Å². The van der Waals surface area contributed by atoms with Gasteiger partial charge >= 0.3 is 0 Å². The third-order valence-corrected chi connectivity index (χ3v) is 6.59. The molecular weight excluding hydrogens is 444 g/mol. The van der Waals surface area contributed by atoms with E-state index in [0.717, 1.165) is 67.4 Å². The number of hydrogen-bond donors (Lipinski definition) is 1. The lowest BCUT2D eigenvalue weighted by molar-refractivity contribution is -0.122. The molecule has 0 spiro atoms. The third kappa shape index (κ3) is 6.96. The molecule has 0 atom stereocenters. The fourth-order valence-electron chi connectivity index (χ4n) is 4.54. The molecule has 1 aromatic carbocycles. The molecule has 0 unspecified atom stereocenters. The molecule has 0 aliphatic carbocycles. The van der Waals surface area contributed by atoms with Crippen molar-refractivity contribution in [2.24, 2.45) is 0 Å². The SMILES string of the molecule is C=CCNC(=O)CN1CCN(CC(=O)c2cc(C)n(CCc3ccc(OC)c(OC)c3)c2C)CC1. The summed E-state index contributed by atoms with van der Waals surface area (Å²) in [6.07, 6.45) is 2.50. The molecule has 2 heterocycles. The van der Waals surface area contributed by atoms with Crippen molar-refractivity contribution in [3.63, 3.8) is 0 Å². The molecule has 1 saturated heterocycles. The van der Waals surface area contributed by atoms with Crippen LogP contribution in [0.1, 0.15) is 27.3 Å². The average molecular weight is 483 g/mol. The van der Waals surface area contributed by atoms with Gasteiger partial charge in [-0.05, 0) is 44.0 Å². The van der Waals surface area contributed by atoms with Gasteiger partial charge in [-0.3, -0.25) is 19.4 Å². The zero-order chi connectivity index (χ0) is 25.4. The Hall–Kier alpha value is -3.10. The van der Waals surface area contributed by atoms with Gasteiger partial charge in [-0.2, -0.15) is 0 Å². The normalized spacial score (nSPS) is 14.5. The van der Waals surface area contributed by atoms with E-state index >= 15 is 0 Å². The van der Waals surface area contributed by atoms with Crippen LogP contribution in [-0.4, -0.2) is 86.1 Å². The van der Waals surface area contributed by atoms with Gasteiger partial charge in [-0.15, -0.1) is 6.58 Å². The first-order valence-corrected chi connectivity index (χ1v) is 12.1. The van der Waals surface area contributed by atoms with E-state index in [0.29, 0.717) is 25.4 Å². The summed E-state index contributed by atoms with van der Waals surface area (Å²) < 4.78 is 13.0. The first-order valence-electron chi connectivity index (χ1n) is 12.1. The summed E-state index contributed by atoms with van der Waals surface area (Å²) in [5.74, 6) is 1.59. The number of piperazine rings is 1. The number of nitrogens with one attached hydrogen (secondary N) is 1. The Morgan fingerprint density at radius 1 is 1.00 bits per heavy atom. The Kier molecular flexibility index (Phi) is 9.51. The van der Waals surface area contributed by atoms with Crippen LogP contribution in [0.5, 0.6) is 11.5 Å². The maximum absolute atomic E-state index is 13.1. The van der Waals surface area contributed by atoms with Crippen LogP contribution in [0.2, 0.25) is 0 Å². The molecule has 3 rings (SSSR count). The Morgan fingerprint density at radius 3 is 2.29 bits per heavy atom. The lowest BCUT2D eigenvalue weighted by Gasteiger charge is -2.33. The molecule has 8 nitrogen and oxygen atoms in total. The fourth-order valence-corrected chi connectivity index (χ4v) is 4.54. The first-order chi connectivity index (χ1) is 16.9. The van der Waals surface area contributed by atoms with E-state index < -0.39 is 0 Å². The van der Waals surface area contributed by atoms with E-state index in [1.807, 2.05) is 31.2 Å². The molecule has 1 fully saturated rings. The van der Waals surface area contributed by atoms with E-state index in [-0.39, 0.29) is 11.7 Å². The van der Waals surface area contributed by atoms with Gasteiger partial charge in [0.1, 0.15) is 0 Å². The number of aromatic nitrogens is 1. The maximum atomic E-state index is 13.1. The summed E-state index contributed by atoms with van der Waals surface area (Å²) in [7, 11) is 3.27. The zero-order valence-corrected chi connectivity index (χ0v) is 21.4. The number of aryl methyl sites for hydroxylation is 2. The molecular formula is C27H38N4O4. The van der Waals surface area contributed by atoms with Crippen LogP contribution in [0.3, 0.4) is 0 Å². The lowest BCUT2D eigenvalue weighted by atomic mass is 10.1. The maximum Gasteiger partial charge on any atom is 0.234 e. The second kappa shape index (κ2) is 12.6. The van der Waals surface area contributed by atoms with Crippen molar-refractivity contribution in [1.29, 1.82) is 0 Å². The van der Waals surface area contributed by atoms with Crippen molar-refractivity contribution < 1.29 is 19.1 Å². The minimum Gasteiger partial charge on any atom is -0.493 e. The van der Waals surface area contributed by atoms with E-state index in [1.54, 1.807) is 20.3 Å². The Balaban J connectivity index is 1.54. The van der Waals surface area contributed by atoms with E-state index in [4.69, 9.17) is 9.47 Å². The Bertz CT molecular complexity index is 1040. The molecule has 1 aliphatic heterocycles. The number of rotatable bonds is 12. The molecule has 2 aromatic rings. The number of hydrogen-bond acceptors (Lipinski definition) is 6. The molecule has 1 N–H and O–H groups in total. The summed E-state index contributed by atoms with van der Waals surface area (Å²) in [5, 5.41) is 2.81. The minimum absolute atomic E-state index is 0.00921. The van der Waals surface area contributed by atoms with Gasteiger partial charge in [0.15, 0.2) is 17.3 Å². The van der Waals surface area contributed by atoms with Gasteiger partial charge in [0, 0.05) is 56.2 Å². The highest BCUT2D eigenvalue weighted by Gasteiger charge is 2.23. The van der Waals surface area contributed by atoms with Crippen molar-refractivity contribution >= 4 is 11.7 Å². The molecule has 1 aromatic heterocycles. The fraction of sp³-hybridized carbons (Fsp3) is 0.481. The molecule has 0 radical (unpaired) electrons. The highest BCUT2D eigenvalue weighted by molar-refractivity contribution is 5.99. The van der Waals surface area contributed by atoms with Crippen LogP contribution < -0.4 is 14.8 Å². The van der Waals surface area contributed by atoms with Crippen LogP contribution in [0.15, 0.2) is 36.9 Å². The highest BCUT2D eigenvalue weighted by atomic mass is 16.5. The lowest BCUT2D eigenvalue weighted by Crippen LogP contribution is -2.50. The van der Waals surface area contributed by atoms with Crippen LogP contribution in [-0.2, 0) is 17.8 Å². The number of ether oxygens (including phenoxy) is 2. The Morgan fingerprint density at radius 2 is 1.66 bits per heavy atom. The molecule has 0 bridgehead atoms. The topological polar surface area (TPSA) is 76.0 Å². The molecule has 1 amide bonds. The smallest absolute Gasteiger partial charge is 0.234 e. The number of carbonyl (C=O) groups is 2. The Labute approximate surface area is 208 Å². The van der Waals surface area contributed by atoms with Crippen molar-refractivity contribution in [3.8, 4) is 11.5 Å². The molecule has 0 saturated carbocycles. The predicted octanol–water partition coefficient (Wildman–Crippen LogP) is 2.47. The van der Waals surface area contributed by atoms with E-state index in [9.17, 15) is 9.59 Å². The van der Waals surface area contributed by atoms with E-state index in [2.05, 4.69) is 33.2 Å². The van der Waals surface area contributed by atoms with Crippen molar-refractivity contribution in [3.05, 3.63) is 59.4 Å². The van der Waals surface area contributed by atoms with Crippen LogP contribution >= 0.6 is 0 Å². The minimum atomic E-state index is 0.00921. The van der Waals surface area contributed by atoms with Crippen LogP contribution in [0, 0.1) is 13.8 Å². The number of methoxy groups -OCH3 is 2. The number of benzene rings is 1. The standard InChI is InChI=1S/C27H38N4O4/c1-6-10-28-27(33)19-30-14-12-29(13-15-30)18-24(32)23-16-20(2)31(21(23)3)11-9-22-7-8-25(34-4)26(17-22)35-5/h6-8,16-17H,1,9-15,18-19H2,2-5H3,(H,28,33). The number of Topliss-reactive ketones (excluding diaryl/α,β-unsaturated/α-hetero) is 1. The molecule has 190 valence electrons. The van der Waals surface area contributed by atoms with Gasteiger partial charge in [-0.1, -0.05) is 12.1 Å². The number of nitrogens with zero attached hydrogens (tertiary/aromatic N) is 3. The van der Waals surface area contributed by atoms with E-state index in [1.165, 1.54) is 0 Å². The van der Waals surface area contributed by atoms with Gasteiger partial charge in [-0.25, -0.2) is 0 Å². The number of amides is 1. The van der Waals surface area contributed by atoms with Gasteiger partial charge in [0.2, 0.25) is 5.91 Å². The van der Waals surface area contributed by atoms with Crippen LogP contribution in [0.25, 0.3) is 0 Å². The molecule has 1 aliphatic rings. The number of ketones is 1. The van der Waals surface area contributed by atoms with Crippen molar-refractivity contribution in [1.82, 2.24) is 19.7 Å². The average Bonchev–Trinajstić information content (AvgIpc) is 3.15. The monoisotopic (exact) mass is 482 g/mol. The first kappa shape index (κ1) is 26.5. The van der Waals surface area contributed by atoms with Gasteiger partial charge in [0.25, 0.3) is 0 Å². The third-order valence-electron chi connectivity index (χ3n) is 6.59. The summed E-state index contributed by atoms with van der Waals surface area (Å²) in [6, 6.07) is 7.98. The van der Waals surface area contributed by atoms with Gasteiger partial charge < -0.3 is 19.4 Å². The van der Waals surface area contributed by atoms with Crippen LogP contribution in [0.4, 0.5) is 0 Å².